The number of benzene rings is 1. The number of hydrogen-bond donors (Lipinski definition) is 1. The van der Waals surface area contributed by atoms with Crippen LogP contribution in [0.15, 0.2) is 18.2 Å². The molecule has 0 fully saturated rings. The second-order valence-electron chi connectivity index (χ2n) is 3.31. The highest BCUT2D eigenvalue weighted by Crippen LogP contribution is 2.24. The Hall–Kier alpha value is -1.36. The zero-order chi connectivity index (χ0) is 12.1. The Kier molecular flexibility index (Phi) is 4.49. The molecule has 0 unspecified atom stereocenters. The van der Waals surface area contributed by atoms with Gasteiger partial charge < -0.3 is 0 Å². The fraction of sp³-hybridized carbons (Fsp3) is 0.273. The first-order valence-corrected chi connectivity index (χ1v) is 5.41. The number of nitro benzene ring substituents is 1. The highest BCUT2D eigenvalue weighted by molar-refractivity contribution is 7.80. The molecule has 0 aliphatic rings. The van der Waals surface area contributed by atoms with E-state index in [-0.39, 0.29) is 5.69 Å². The van der Waals surface area contributed by atoms with Crippen LogP contribution >= 0.6 is 12.6 Å². The number of hydrogen-bond acceptors (Lipinski definition) is 3. The number of rotatable bonds is 4. The minimum atomic E-state index is -0.595. The van der Waals surface area contributed by atoms with Crippen LogP contribution in [0.1, 0.15) is 17.5 Å². The lowest BCUT2D eigenvalue weighted by Gasteiger charge is -2.02. The van der Waals surface area contributed by atoms with Crippen LogP contribution in [-0.4, -0.2) is 10.7 Å². The Morgan fingerprint density at radius 2 is 2.25 bits per heavy atom. The monoisotopic (exact) mass is 241 g/mol. The van der Waals surface area contributed by atoms with Crippen molar-refractivity contribution in [2.45, 2.75) is 13.3 Å². The summed E-state index contributed by atoms with van der Waals surface area (Å²) >= 11 is 4.03. The third-order valence-electron chi connectivity index (χ3n) is 2.18. The van der Waals surface area contributed by atoms with Crippen molar-refractivity contribution in [3.63, 3.8) is 0 Å². The maximum Gasteiger partial charge on any atom is 0.275 e. The summed E-state index contributed by atoms with van der Waals surface area (Å²) < 4.78 is 13.1. The number of halogens is 1. The Bertz CT molecular complexity index is 432. The van der Waals surface area contributed by atoms with Gasteiger partial charge in [0.05, 0.1) is 11.0 Å². The van der Waals surface area contributed by atoms with E-state index >= 15 is 0 Å². The molecular weight excluding hydrogens is 229 g/mol. The summed E-state index contributed by atoms with van der Waals surface area (Å²) in [6.45, 7) is 1.61. The molecule has 1 aromatic carbocycles. The van der Waals surface area contributed by atoms with E-state index in [0.29, 0.717) is 16.9 Å². The van der Waals surface area contributed by atoms with Crippen molar-refractivity contribution in [3.8, 4) is 0 Å². The molecule has 5 heteroatoms. The van der Waals surface area contributed by atoms with Crippen LogP contribution in [0, 0.1) is 22.9 Å². The van der Waals surface area contributed by atoms with Crippen molar-refractivity contribution >= 4 is 24.4 Å². The average Bonchev–Trinajstić information content (AvgIpc) is 2.22. The lowest BCUT2D eigenvalue weighted by atomic mass is 10.1. The van der Waals surface area contributed by atoms with E-state index in [9.17, 15) is 14.5 Å². The molecule has 0 bridgehead atoms. The molecule has 16 heavy (non-hydrogen) atoms. The summed E-state index contributed by atoms with van der Waals surface area (Å²) in [5, 5.41) is 10.7. The largest absolute Gasteiger partial charge is 0.275 e. The fourth-order valence-electron chi connectivity index (χ4n) is 1.33. The van der Waals surface area contributed by atoms with E-state index in [0.717, 1.165) is 12.5 Å². The number of nitrogens with zero attached hydrogens (tertiary/aromatic N) is 1. The maximum absolute atomic E-state index is 13.1. The van der Waals surface area contributed by atoms with Gasteiger partial charge >= 0.3 is 0 Å². The molecule has 0 radical (unpaired) electrons. The van der Waals surface area contributed by atoms with Crippen molar-refractivity contribution < 1.29 is 9.31 Å². The molecule has 3 nitrogen and oxygen atoms in total. The Morgan fingerprint density at radius 1 is 1.56 bits per heavy atom. The van der Waals surface area contributed by atoms with Gasteiger partial charge in [-0.3, -0.25) is 10.1 Å². The highest BCUT2D eigenvalue weighted by Gasteiger charge is 2.14. The van der Waals surface area contributed by atoms with Crippen LogP contribution in [0.5, 0.6) is 0 Å². The molecule has 0 aliphatic carbocycles. The minimum Gasteiger partial charge on any atom is -0.258 e. The molecule has 1 aromatic rings. The molecule has 1 rings (SSSR count). The summed E-state index contributed by atoms with van der Waals surface area (Å²) in [6.07, 6.45) is 4.24. The van der Waals surface area contributed by atoms with E-state index in [1.165, 1.54) is 6.07 Å². The highest BCUT2D eigenvalue weighted by atomic mass is 32.1. The van der Waals surface area contributed by atoms with Crippen molar-refractivity contribution in [1.29, 1.82) is 0 Å². The van der Waals surface area contributed by atoms with Crippen LogP contribution in [-0.2, 0) is 0 Å². The Labute approximate surface area is 98.5 Å². The van der Waals surface area contributed by atoms with Gasteiger partial charge in [-0.05, 0) is 30.7 Å². The Balaban J connectivity index is 3.14. The molecule has 0 aliphatic heterocycles. The fourth-order valence-corrected chi connectivity index (χ4v) is 1.48. The number of allylic oxidation sites excluding steroid dienone is 1. The molecule has 0 saturated heterocycles. The van der Waals surface area contributed by atoms with Gasteiger partial charge in [0.2, 0.25) is 0 Å². The number of nitro groups is 1. The van der Waals surface area contributed by atoms with Crippen molar-refractivity contribution in [1.82, 2.24) is 0 Å². The van der Waals surface area contributed by atoms with Crippen molar-refractivity contribution in [2.24, 2.45) is 0 Å². The zero-order valence-electron chi connectivity index (χ0n) is 8.81. The lowest BCUT2D eigenvalue weighted by molar-refractivity contribution is -0.385. The van der Waals surface area contributed by atoms with Crippen LogP contribution in [0.4, 0.5) is 10.1 Å². The molecule has 0 N–H and O–H groups in total. The molecule has 86 valence electrons. The Morgan fingerprint density at radius 3 is 2.81 bits per heavy atom. The van der Waals surface area contributed by atoms with Gasteiger partial charge in [0, 0.05) is 5.56 Å². The average molecular weight is 241 g/mol. The molecule has 0 aromatic heterocycles. The van der Waals surface area contributed by atoms with Crippen molar-refractivity contribution in [2.75, 3.05) is 5.75 Å². The van der Waals surface area contributed by atoms with Crippen LogP contribution in [0.2, 0.25) is 0 Å². The summed E-state index contributed by atoms with van der Waals surface area (Å²) in [6, 6.07) is 2.22. The van der Waals surface area contributed by atoms with Gasteiger partial charge in [0.25, 0.3) is 5.69 Å². The molecule has 0 amide bonds. The van der Waals surface area contributed by atoms with Crippen LogP contribution in [0.3, 0.4) is 0 Å². The normalized spacial score (nSPS) is 10.9. The van der Waals surface area contributed by atoms with E-state index in [1.54, 1.807) is 13.0 Å². The van der Waals surface area contributed by atoms with E-state index < -0.39 is 10.7 Å². The van der Waals surface area contributed by atoms with Gasteiger partial charge in [0.15, 0.2) is 0 Å². The van der Waals surface area contributed by atoms with E-state index in [1.807, 2.05) is 6.08 Å². The van der Waals surface area contributed by atoms with Gasteiger partial charge in [-0.15, -0.1) is 0 Å². The first-order valence-electron chi connectivity index (χ1n) is 4.78. The first kappa shape index (κ1) is 12.7. The standard InChI is InChI=1S/C11H12FNO2S/c1-8-9(4-2-3-5-16)6-10(12)7-11(8)13(14)15/h2,4,6-7,16H,3,5H2,1H3. The predicted octanol–water partition coefficient (Wildman–Crippen LogP) is 3.38. The minimum absolute atomic E-state index is 0.189. The SMILES string of the molecule is Cc1c(C=CCCS)cc(F)cc1[N+](=O)[O-]. The molecule has 0 saturated carbocycles. The van der Waals surface area contributed by atoms with Gasteiger partial charge in [-0.1, -0.05) is 12.2 Å². The van der Waals surface area contributed by atoms with E-state index in [2.05, 4.69) is 12.6 Å². The smallest absolute Gasteiger partial charge is 0.258 e. The second-order valence-corrected chi connectivity index (χ2v) is 3.76. The molecule has 0 spiro atoms. The summed E-state index contributed by atoms with van der Waals surface area (Å²) in [5.41, 5.74) is 0.820. The topological polar surface area (TPSA) is 43.1 Å². The maximum atomic E-state index is 13.1. The van der Waals surface area contributed by atoms with Crippen molar-refractivity contribution in [3.05, 3.63) is 45.3 Å². The predicted molar refractivity (Wildman–Crippen MR) is 65.3 cm³/mol. The summed E-state index contributed by atoms with van der Waals surface area (Å²) in [7, 11) is 0. The second kappa shape index (κ2) is 5.65. The van der Waals surface area contributed by atoms with Gasteiger partial charge in [-0.2, -0.15) is 12.6 Å². The number of thiol groups is 1. The molecule has 0 atom stereocenters. The summed E-state index contributed by atoms with van der Waals surface area (Å²) in [4.78, 5) is 10.1. The summed E-state index contributed by atoms with van der Waals surface area (Å²) in [5.74, 6) is 0.0928. The first-order chi connectivity index (χ1) is 7.56. The molecule has 0 heterocycles. The third-order valence-corrected chi connectivity index (χ3v) is 2.43. The lowest BCUT2D eigenvalue weighted by Crippen LogP contribution is -1.95. The van der Waals surface area contributed by atoms with Gasteiger partial charge in [0.1, 0.15) is 5.82 Å². The quantitative estimate of drug-likeness (QED) is 0.499. The van der Waals surface area contributed by atoms with Crippen LogP contribution in [0.25, 0.3) is 6.08 Å². The third kappa shape index (κ3) is 3.06. The van der Waals surface area contributed by atoms with E-state index in [4.69, 9.17) is 0 Å². The van der Waals surface area contributed by atoms with Crippen LogP contribution < -0.4 is 0 Å². The van der Waals surface area contributed by atoms with Gasteiger partial charge in [-0.25, -0.2) is 4.39 Å². The molecular formula is C11H12FNO2S. The zero-order valence-corrected chi connectivity index (χ0v) is 9.71.